The van der Waals surface area contributed by atoms with Crippen LogP contribution in [-0.4, -0.2) is 11.7 Å². The highest BCUT2D eigenvalue weighted by Gasteiger charge is 2.04. The molecule has 1 aromatic rings. The first kappa shape index (κ1) is 14.5. The predicted octanol–water partition coefficient (Wildman–Crippen LogP) is 4.01. The summed E-state index contributed by atoms with van der Waals surface area (Å²) in [5, 5.41) is 7.08. The van der Waals surface area contributed by atoms with Crippen LogP contribution in [0.4, 0.5) is 5.69 Å². The molecular formula is C13H19BrN2S. The van der Waals surface area contributed by atoms with Gasteiger partial charge in [0.15, 0.2) is 5.11 Å². The van der Waals surface area contributed by atoms with Crippen LogP contribution in [0.5, 0.6) is 0 Å². The summed E-state index contributed by atoms with van der Waals surface area (Å²) in [5.74, 6) is 0.586. The molecule has 0 saturated carbocycles. The van der Waals surface area contributed by atoms with E-state index in [4.69, 9.17) is 12.2 Å². The summed E-state index contributed by atoms with van der Waals surface area (Å²) in [6, 6.07) is 4.17. The number of thiocarbonyl (C=S) groups is 1. The fourth-order valence-corrected chi connectivity index (χ4v) is 1.92. The van der Waals surface area contributed by atoms with Gasteiger partial charge in [-0.1, -0.05) is 29.8 Å². The van der Waals surface area contributed by atoms with Crippen LogP contribution in [0.1, 0.15) is 25.0 Å². The fourth-order valence-electron chi connectivity index (χ4n) is 1.49. The lowest BCUT2D eigenvalue weighted by Gasteiger charge is -2.14. The van der Waals surface area contributed by atoms with Crippen molar-refractivity contribution in [2.24, 2.45) is 5.92 Å². The quantitative estimate of drug-likeness (QED) is 0.824. The van der Waals surface area contributed by atoms with E-state index < -0.39 is 0 Å². The second-order valence-corrected chi connectivity index (χ2v) is 5.85. The minimum Gasteiger partial charge on any atom is -0.362 e. The molecule has 0 unspecified atom stereocenters. The zero-order valence-corrected chi connectivity index (χ0v) is 13.1. The Labute approximate surface area is 117 Å². The van der Waals surface area contributed by atoms with E-state index in [9.17, 15) is 0 Å². The van der Waals surface area contributed by atoms with Crippen molar-refractivity contribution in [1.29, 1.82) is 0 Å². The second-order valence-electron chi connectivity index (χ2n) is 4.65. The van der Waals surface area contributed by atoms with Crippen LogP contribution in [0.3, 0.4) is 0 Å². The fraction of sp³-hybridized carbons (Fsp3) is 0.462. The van der Waals surface area contributed by atoms with Crippen molar-refractivity contribution in [3.05, 3.63) is 27.7 Å². The Kier molecular flexibility index (Phi) is 5.40. The highest BCUT2D eigenvalue weighted by Crippen LogP contribution is 2.24. The lowest BCUT2D eigenvalue weighted by atomic mass is 10.1. The molecular weight excluding hydrogens is 296 g/mol. The van der Waals surface area contributed by atoms with E-state index in [0.29, 0.717) is 11.0 Å². The Bertz CT molecular complexity index is 393. The van der Waals surface area contributed by atoms with Gasteiger partial charge in [-0.05, 0) is 55.2 Å². The van der Waals surface area contributed by atoms with Gasteiger partial charge in [0.1, 0.15) is 0 Å². The molecule has 2 N–H and O–H groups in total. The molecule has 0 fully saturated rings. The van der Waals surface area contributed by atoms with Crippen LogP contribution in [0.15, 0.2) is 16.6 Å². The second kappa shape index (κ2) is 6.36. The lowest BCUT2D eigenvalue weighted by molar-refractivity contribution is 0.627. The Balaban J connectivity index is 2.66. The number of hydrogen-bond acceptors (Lipinski definition) is 1. The molecule has 1 rings (SSSR count). The van der Waals surface area contributed by atoms with Crippen molar-refractivity contribution in [1.82, 2.24) is 5.32 Å². The van der Waals surface area contributed by atoms with Gasteiger partial charge < -0.3 is 10.6 Å². The zero-order chi connectivity index (χ0) is 13.0. The maximum Gasteiger partial charge on any atom is 0.170 e. The molecule has 0 bridgehead atoms. The Morgan fingerprint density at radius 1 is 1.29 bits per heavy atom. The maximum atomic E-state index is 5.24. The molecule has 1 aromatic carbocycles. The van der Waals surface area contributed by atoms with Crippen molar-refractivity contribution in [2.75, 3.05) is 11.9 Å². The van der Waals surface area contributed by atoms with E-state index in [-0.39, 0.29) is 0 Å². The Hall–Kier alpha value is -0.610. The van der Waals surface area contributed by atoms with Gasteiger partial charge in [-0.2, -0.15) is 0 Å². The molecule has 0 aliphatic heterocycles. The number of halogens is 1. The van der Waals surface area contributed by atoms with E-state index in [1.165, 1.54) is 11.1 Å². The summed E-state index contributed by atoms with van der Waals surface area (Å²) in [6.45, 7) is 9.35. The summed E-state index contributed by atoms with van der Waals surface area (Å²) < 4.78 is 1.16. The SMILES string of the molecule is Cc1cc(NC(=S)NCC(C)C)cc(C)c1Br. The molecule has 4 heteroatoms. The summed E-state index contributed by atoms with van der Waals surface area (Å²) in [4.78, 5) is 0. The molecule has 0 aliphatic carbocycles. The minimum atomic E-state index is 0.586. The van der Waals surface area contributed by atoms with Crippen molar-refractivity contribution in [2.45, 2.75) is 27.7 Å². The molecule has 17 heavy (non-hydrogen) atoms. The molecule has 0 atom stereocenters. The first-order valence-corrected chi connectivity index (χ1v) is 6.92. The van der Waals surface area contributed by atoms with Crippen LogP contribution in [0.25, 0.3) is 0 Å². The average Bonchev–Trinajstić information content (AvgIpc) is 2.23. The minimum absolute atomic E-state index is 0.586. The summed E-state index contributed by atoms with van der Waals surface area (Å²) in [7, 11) is 0. The monoisotopic (exact) mass is 314 g/mol. The molecule has 0 saturated heterocycles. The Morgan fingerprint density at radius 3 is 2.29 bits per heavy atom. The molecule has 0 amide bonds. The van der Waals surface area contributed by atoms with E-state index >= 15 is 0 Å². The highest BCUT2D eigenvalue weighted by molar-refractivity contribution is 9.10. The first-order chi connectivity index (χ1) is 7.90. The van der Waals surface area contributed by atoms with Gasteiger partial charge in [0.05, 0.1) is 0 Å². The number of anilines is 1. The van der Waals surface area contributed by atoms with Gasteiger partial charge in [-0.25, -0.2) is 0 Å². The molecule has 0 aliphatic rings. The van der Waals surface area contributed by atoms with Crippen LogP contribution in [0, 0.1) is 19.8 Å². The molecule has 0 heterocycles. The third kappa shape index (κ3) is 4.64. The molecule has 2 nitrogen and oxygen atoms in total. The number of benzene rings is 1. The van der Waals surface area contributed by atoms with Crippen molar-refractivity contribution < 1.29 is 0 Å². The topological polar surface area (TPSA) is 24.1 Å². The van der Waals surface area contributed by atoms with Crippen molar-refractivity contribution >= 4 is 38.9 Å². The third-order valence-electron chi connectivity index (χ3n) is 2.37. The number of rotatable bonds is 3. The average molecular weight is 315 g/mol. The van der Waals surface area contributed by atoms with Crippen molar-refractivity contribution in [3.63, 3.8) is 0 Å². The maximum absolute atomic E-state index is 5.24. The summed E-state index contributed by atoms with van der Waals surface area (Å²) >= 11 is 8.79. The number of aryl methyl sites for hydroxylation is 2. The molecule has 0 spiro atoms. The van der Waals surface area contributed by atoms with Crippen LogP contribution >= 0.6 is 28.1 Å². The van der Waals surface area contributed by atoms with Gasteiger partial charge in [0, 0.05) is 16.7 Å². The van der Waals surface area contributed by atoms with Crippen LogP contribution in [-0.2, 0) is 0 Å². The molecule has 94 valence electrons. The standard InChI is InChI=1S/C13H19BrN2S/c1-8(2)7-15-13(17)16-11-5-9(3)12(14)10(4)6-11/h5-6,8H,7H2,1-4H3,(H2,15,16,17). The molecule has 0 aromatic heterocycles. The van der Waals surface area contributed by atoms with E-state index in [1.807, 2.05) is 0 Å². The number of hydrogen-bond donors (Lipinski definition) is 2. The number of nitrogens with one attached hydrogen (secondary N) is 2. The van der Waals surface area contributed by atoms with E-state index in [2.05, 4.69) is 66.4 Å². The third-order valence-corrected chi connectivity index (χ3v) is 3.86. The van der Waals surface area contributed by atoms with Crippen LogP contribution in [0.2, 0.25) is 0 Å². The van der Waals surface area contributed by atoms with Gasteiger partial charge >= 0.3 is 0 Å². The molecule has 0 radical (unpaired) electrons. The smallest absolute Gasteiger partial charge is 0.170 e. The zero-order valence-electron chi connectivity index (χ0n) is 10.7. The van der Waals surface area contributed by atoms with Gasteiger partial charge in [0.25, 0.3) is 0 Å². The predicted molar refractivity (Wildman–Crippen MR) is 82.7 cm³/mol. The van der Waals surface area contributed by atoms with Crippen molar-refractivity contribution in [3.8, 4) is 0 Å². The van der Waals surface area contributed by atoms with Gasteiger partial charge in [-0.3, -0.25) is 0 Å². The lowest BCUT2D eigenvalue weighted by Crippen LogP contribution is -2.31. The first-order valence-electron chi connectivity index (χ1n) is 5.71. The van der Waals surface area contributed by atoms with Crippen LogP contribution < -0.4 is 10.6 Å². The normalized spacial score (nSPS) is 10.5. The largest absolute Gasteiger partial charge is 0.362 e. The van der Waals surface area contributed by atoms with E-state index in [1.54, 1.807) is 0 Å². The van der Waals surface area contributed by atoms with E-state index in [0.717, 1.165) is 16.7 Å². The van der Waals surface area contributed by atoms with Gasteiger partial charge in [0.2, 0.25) is 0 Å². The van der Waals surface area contributed by atoms with Gasteiger partial charge in [-0.15, -0.1) is 0 Å². The summed E-state index contributed by atoms with van der Waals surface area (Å²) in [6.07, 6.45) is 0. The summed E-state index contributed by atoms with van der Waals surface area (Å²) in [5.41, 5.74) is 3.45. The Morgan fingerprint density at radius 2 is 1.82 bits per heavy atom. The highest BCUT2D eigenvalue weighted by atomic mass is 79.9.